The Kier molecular flexibility index (Phi) is 6.68. The van der Waals surface area contributed by atoms with E-state index in [2.05, 4.69) is 45.5 Å². The van der Waals surface area contributed by atoms with E-state index >= 15 is 0 Å². The van der Waals surface area contributed by atoms with Gasteiger partial charge in [-0.15, -0.1) is 11.8 Å². The summed E-state index contributed by atoms with van der Waals surface area (Å²) in [6.45, 7) is 2.08. The Hall–Kier alpha value is -1.59. The average Bonchev–Trinajstić information content (AvgIpc) is 2.49. The minimum Gasteiger partial charge on any atom is -0.272 e. The molecule has 0 unspecified atom stereocenters. The van der Waals surface area contributed by atoms with Crippen molar-refractivity contribution in [3.8, 4) is 0 Å². The number of carbonyl (C=O) groups is 1. The number of hydrogen-bond acceptors (Lipinski definition) is 3. The minimum absolute atomic E-state index is 0.0927. The highest BCUT2D eigenvalue weighted by Gasteiger charge is 2.02. The first-order valence-electron chi connectivity index (χ1n) is 6.85. The van der Waals surface area contributed by atoms with E-state index in [4.69, 9.17) is 0 Å². The first kappa shape index (κ1) is 16.8. The molecule has 0 bridgehead atoms. The smallest absolute Gasteiger partial charge is 0.250 e. The highest BCUT2D eigenvalue weighted by atomic mass is 79.9. The summed E-state index contributed by atoms with van der Waals surface area (Å²) in [5.74, 6) is 1.13. The quantitative estimate of drug-likeness (QED) is 0.607. The van der Waals surface area contributed by atoms with Crippen molar-refractivity contribution in [2.75, 3.05) is 5.75 Å². The minimum atomic E-state index is -0.0927. The molecule has 1 amide bonds. The van der Waals surface area contributed by atoms with Crippen molar-refractivity contribution >= 4 is 39.8 Å². The van der Waals surface area contributed by atoms with Crippen LogP contribution in [0.25, 0.3) is 0 Å². The standard InChI is InChI=1S/C17H17BrN2OS/c1-13-5-2-3-7-15(13)11-22-12-17(21)20-19-10-14-6-4-8-16(18)9-14/h2-10H,11-12H2,1H3,(H,20,21)/b19-10+. The van der Waals surface area contributed by atoms with Gasteiger partial charge in [0.1, 0.15) is 0 Å². The highest BCUT2D eigenvalue weighted by Crippen LogP contribution is 2.15. The monoisotopic (exact) mass is 376 g/mol. The Balaban J connectivity index is 1.73. The van der Waals surface area contributed by atoms with Crippen LogP contribution >= 0.6 is 27.7 Å². The summed E-state index contributed by atoms with van der Waals surface area (Å²) in [5, 5.41) is 3.97. The Morgan fingerprint density at radius 2 is 2.09 bits per heavy atom. The summed E-state index contributed by atoms with van der Waals surface area (Å²) in [7, 11) is 0. The van der Waals surface area contributed by atoms with Crippen LogP contribution in [0.2, 0.25) is 0 Å². The van der Waals surface area contributed by atoms with Crippen molar-refractivity contribution in [1.82, 2.24) is 5.43 Å². The van der Waals surface area contributed by atoms with Crippen molar-refractivity contribution < 1.29 is 4.79 Å². The van der Waals surface area contributed by atoms with Gasteiger partial charge in [-0.3, -0.25) is 4.79 Å². The van der Waals surface area contributed by atoms with Crippen molar-refractivity contribution in [3.63, 3.8) is 0 Å². The largest absolute Gasteiger partial charge is 0.272 e. The molecule has 114 valence electrons. The number of benzene rings is 2. The van der Waals surface area contributed by atoms with E-state index in [0.29, 0.717) is 5.75 Å². The summed E-state index contributed by atoms with van der Waals surface area (Å²) >= 11 is 4.98. The summed E-state index contributed by atoms with van der Waals surface area (Å²) in [4.78, 5) is 11.7. The Labute approximate surface area is 143 Å². The predicted molar refractivity (Wildman–Crippen MR) is 97.2 cm³/mol. The number of rotatable bonds is 6. The van der Waals surface area contributed by atoms with Crippen molar-refractivity contribution in [3.05, 3.63) is 69.7 Å². The number of nitrogens with zero attached hydrogens (tertiary/aromatic N) is 1. The molecule has 0 saturated carbocycles. The van der Waals surface area contributed by atoms with Gasteiger partial charge in [-0.05, 0) is 35.7 Å². The van der Waals surface area contributed by atoms with Crippen molar-refractivity contribution in [2.24, 2.45) is 5.10 Å². The van der Waals surface area contributed by atoms with Crippen LogP contribution in [0, 0.1) is 6.92 Å². The number of aryl methyl sites for hydroxylation is 1. The highest BCUT2D eigenvalue weighted by molar-refractivity contribution is 9.10. The van der Waals surface area contributed by atoms with Crippen LogP contribution in [0.4, 0.5) is 0 Å². The van der Waals surface area contributed by atoms with E-state index in [1.165, 1.54) is 11.1 Å². The van der Waals surface area contributed by atoms with E-state index in [-0.39, 0.29) is 5.91 Å². The maximum absolute atomic E-state index is 11.7. The maximum Gasteiger partial charge on any atom is 0.250 e. The second kappa shape index (κ2) is 8.76. The molecule has 0 aliphatic rings. The first-order valence-corrected chi connectivity index (χ1v) is 8.79. The van der Waals surface area contributed by atoms with Gasteiger partial charge >= 0.3 is 0 Å². The second-order valence-corrected chi connectivity index (χ2v) is 6.67. The molecular weight excluding hydrogens is 360 g/mol. The fourth-order valence-electron chi connectivity index (χ4n) is 1.82. The number of halogens is 1. The molecule has 0 aliphatic heterocycles. The number of nitrogens with one attached hydrogen (secondary N) is 1. The first-order chi connectivity index (χ1) is 10.6. The molecule has 22 heavy (non-hydrogen) atoms. The third-order valence-electron chi connectivity index (χ3n) is 3.00. The molecular formula is C17H17BrN2OS. The summed E-state index contributed by atoms with van der Waals surface area (Å²) in [5.41, 5.74) is 5.99. The van der Waals surface area contributed by atoms with Gasteiger partial charge < -0.3 is 0 Å². The fourth-order valence-corrected chi connectivity index (χ4v) is 3.14. The molecule has 2 rings (SSSR count). The lowest BCUT2D eigenvalue weighted by atomic mass is 10.1. The topological polar surface area (TPSA) is 41.5 Å². The van der Waals surface area contributed by atoms with Crippen LogP contribution in [0.5, 0.6) is 0 Å². The molecule has 2 aromatic rings. The van der Waals surface area contributed by atoms with Crippen LogP contribution in [0.3, 0.4) is 0 Å². The average molecular weight is 377 g/mol. The molecule has 0 aromatic heterocycles. The molecule has 3 nitrogen and oxygen atoms in total. The third kappa shape index (κ3) is 5.66. The number of hydrogen-bond donors (Lipinski definition) is 1. The molecule has 0 atom stereocenters. The lowest BCUT2D eigenvalue weighted by molar-refractivity contribution is -0.118. The molecule has 0 fully saturated rings. The lowest BCUT2D eigenvalue weighted by Gasteiger charge is -2.04. The van der Waals surface area contributed by atoms with Gasteiger partial charge in [-0.1, -0.05) is 52.3 Å². The Morgan fingerprint density at radius 1 is 1.27 bits per heavy atom. The summed E-state index contributed by atoms with van der Waals surface area (Å²) < 4.78 is 0.983. The molecule has 0 heterocycles. The summed E-state index contributed by atoms with van der Waals surface area (Å²) in [6, 6.07) is 15.9. The van der Waals surface area contributed by atoms with Crippen LogP contribution in [0.1, 0.15) is 16.7 Å². The number of hydrazone groups is 1. The normalized spacial score (nSPS) is 10.8. The number of amides is 1. The predicted octanol–water partition coefficient (Wildman–Crippen LogP) is 4.14. The molecule has 1 N–H and O–H groups in total. The number of carbonyl (C=O) groups excluding carboxylic acids is 1. The molecule has 2 aromatic carbocycles. The van der Waals surface area contributed by atoms with Gasteiger partial charge in [0.2, 0.25) is 5.91 Å². The van der Waals surface area contributed by atoms with Crippen LogP contribution < -0.4 is 5.43 Å². The van der Waals surface area contributed by atoms with E-state index in [0.717, 1.165) is 15.8 Å². The van der Waals surface area contributed by atoms with Crippen molar-refractivity contribution in [2.45, 2.75) is 12.7 Å². The fraction of sp³-hybridized carbons (Fsp3) is 0.176. The van der Waals surface area contributed by atoms with E-state index in [9.17, 15) is 4.79 Å². The Morgan fingerprint density at radius 3 is 2.86 bits per heavy atom. The van der Waals surface area contributed by atoms with E-state index < -0.39 is 0 Å². The van der Waals surface area contributed by atoms with Gasteiger partial charge in [0.15, 0.2) is 0 Å². The lowest BCUT2D eigenvalue weighted by Crippen LogP contribution is -2.19. The summed E-state index contributed by atoms with van der Waals surface area (Å²) in [6.07, 6.45) is 1.63. The zero-order valence-corrected chi connectivity index (χ0v) is 14.7. The molecule has 0 radical (unpaired) electrons. The van der Waals surface area contributed by atoms with Gasteiger partial charge in [0.05, 0.1) is 12.0 Å². The number of thioether (sulfide) groups is 1. The van der Waals surface area contributed by atoms with Gasteiger partial charge in [-0.25, -0.2) is 5.43 Å². The molecule has 0 spiro atoms. The molecule has 5 heteroatoms. The van der Waals surface area contributed by atoms with Crippen LogP contribution in [-0.2, 0) is 10.5 Å². The second-order valence-electron chi connectivity index (χ2n) is 4.77. The SMILES string of the molecule is Cc1ccccc1CSCC(=O)N/N=C/c1cccc(Br)c1. The van der Waals surface area contributed by atoms with Crippen molar-refractivity contribution in [1.29, 1.82) is 0 Å². The van der Waals surface area contributed by atoms with Gasteiger partial charge in [0.25, 0.3) is 0 Å². The zero-order chi connectivity index (χ0) is 15.8. The van der Waals surface area contributed by atoms with E-state index in [1.807, 2.05) is 36.4 Å². The van der Waals surface area contributed by atoms with Crippen LogP contribution in [-0.4, -0.2) is 17.9 Å². The third-order valence-corrected chi connectivity index (χ3v) is 4.48. The Bertz CT molecular complexity index is 673. The maximum atomic E-state index is 11.7. The van der Waals surface area contributed by atoms with Gasteiger partial charge in [0, 0.05) is 10.2 Å². The molecule has 0 aliphatic carbocycles. The van der Waals surface area contributed by atoms with Crippen LogP contribution in [0.15, 0.2) is 58.1 Å². The zero-order valence-electron chi connectivity index (χ0n) is 12.3. The van der Waals surface area contributed by atoms with Gasteiger partial charge in [-0.2, -0.15) is 5.10 Å². The molecule has 0 saturated heterocycles. The van der Waals surface area contributed by atoms with E-state index in [1.54, 1.807) is 18.0 Å².